The third-order valence-corrected chi connectivity index (χ3v) is 6.11. The molecule has 1 atom stereocenters. The van der Waals surface area contributed by atoms with Crippen molar-refractivity contribution in [3.63, 3.8) is 0 Å². The lowest BCUT2D eigenvalue weighted by Crippen LogP contribution is -2.47. The van der Waals surface area contributed by atoms with Gasteiger partial charge in [-0.2, -0.15) is 10.3 Å². The Kier molecular flexibility index (Phi) is 5.24. The molecular weight excluding hydrogens is 406 g/mol. The van der Waals surface area contributed by atoms with Crippen molar-refractivity contribution in [1.29, 1.82) is 0 Å². The molecule has 9 heteroatoms. The van der Waals surface area contributed by atoms with Crippen molar-refractivity contribution in [2.45, 2.75) is 57.5 Å². The maximum atomic E-state index is 13.3. The van der Waals surface area contributed by atoms with Gasteiger partial charge in [-0.1, -0.05) is 25.5 Å². The third-order valence-electron chi connectivity index (χ3n) is 6.11. The number of carbonyl (C=O) groups is 1. The molecule has 9 nitrogen and oxygen atoms in total. The Bertz CT molecular complexity index is 1130. The highest BCUT2D eigenvalue weighted by Gasteiger charge is 2.40. The predicted octanol–water partition coefficient (Wildman–Crippen LogP) is 3.26. The number of carbonyl (C=O) groups excluding carboxylic acids is 1. The Hall–Kier alpha value is -3.49. The van der Waals surface area contributed by atoms with E-state index in [0.717, 1.165) is 48.3 Å². The highest BCUT2D eigenvalue weighted by atomic mass is 16.5. The molecule has 0 saturated heterocycles. The van der Waals surface area contributed by atoms with Gasteiger partial charge in [0.15, 0.2) is 0 Å². The number of tetrazole rings is 1. The number of aromatic nitrogens is 6. The Morgan fingerprint density at radius 3 is 2.72 bits per heavy atom. The number of H-pyrrole nitrogens is 1. The number of hydrogen-bond donors (Lipinski definition) is 2. The van der Waals surface area contributed by atoms with Crippen LogP contribution < -0.4 is 10.1 Å². The molecule has 1 aromatic carbocycles. The molecule has 5 rings (SSSR count). The number of rotatable bonds is 8. The highest BCUT2D eigenvalue weighted by molar-refractivity contribution is 6.27. The zero-order valence-electron chi connectivity index (χ0n) is 18.3. The summed E-state index contributed by atoms with van der Waals surface area (Å²) in [5.41, 5.74) is 2.40. The van der Waals surface area contributed by atoms with E-state index in [9.17, 15) is 4.79 Å². The van der Waals surface area contributed by atoms with Crippen LogP contribution in [0.2, 0.25) is 0 Å². The molecule has 0 unspecified atom stereocenters. The monoisotopic (exact) mass is 433 g/mol. The number of nitrogens with one attached hydrogen (secondary N) is 2. The van der Waals surface area contributed by atoms with Gasteiger partial charge in [0.2, 0.25) is 5.82 Å². The van der Waals surface area contributed by atoms with Gasteiger partial charge >= 0.3 is 0 Å². The van der Waals surface area contributed by atoms with Crippen LogP contribution in [0.25, 0.3) is 11.1 Å². The molecule has 3 aromatic rings. The number of unbranched alkanes of at least 4 members (excludes halogenated alkanes) is 1. The summed E-state index contributed by atoms with van der Waals surface area (Å²) in [4.78, 5) is 13.3. The fraction of sp³-hybridized carbons (Fsp3) is 0.435. The predicted molar refractivity (Wildman–Crippen MR) is 118 cm³/mol. The molecule has 2 N–H and O–H groups in total. The molecule has 3 heterocycles. The Morgan fingerprint density at radius 2 is 2.03 bits per heavy atom. The average molecular weight is 434 g/mol. The van der Waals surface area contributed by atoms with Gasteiger partial charge in [-0.15, -0.1) is 10.2 Å². The van der Waals surface area contributed by atoms with E-state index in [-0.39, 0.29) is 11.7 Å². The van der Waals surface area contributed by atoms with Crippen molar-refractivity contribution < 1.29 is 9.53 Å². The topological polar surface area (TPSA) is 111 Å². The van der Waals surface area contributed by atoms with E-state index >= 15 is 0 Å². The lowest BCUT2D eigenvalue weighted by molar-refractivity contribution is -0.117. The normalized spacial score (nSPS) is 21.0. The van der Waals surface area contributed by atoms with Crippen LogP contribution >= 0.6 is 0 Å². The fourth-order valence-electron chi connectivity index (χ4n) is 4.13. The summed E-state index contributed by atoms with van der Waals surface area (Å²) < 4.78 is 7.78. The SMILES string of the molecule is CCCCOc1ccc([C@]2(C)CC(c3ccn(C4CC4)n3)=C(c3nn[nH]n3)C(=O)N2)cc1. The molecule has 1 amide bonds. The summed E-state index contributed by atoms with van der Waals surface area (Å²) in [6.45, 7) is 4.87. The van der Waals surface area contributed by atoms with Crippen molar-refractivity contribution >= 4 is 17.1 Å². The fourth-order valence-corrected chi connectivity index (χ4v) is 4.13. The molecule has 2 aromatic heterocycles. The first-order chi connectivity index (χ1) is 15.6. The van der Waals surface area contributed by atoms with Crippen molar-refractivity contribution in [1.82, 2.24) is 35.7 Å². The summed E-state index contributed by atoms with van der Waals surface area (Å²) >= 11 is 0. The number of benzene rings is 1. The molecule has 0 radical (unpaired) electrons. The maximum absolute atomic E-state index is 13.3. The summed E-state index contributed by atoms with van der Waals surface area (Å²) in [7, 11) is 0. The maximum Gasteiger partial charge on any atom is 0.256 e. The van der Waals surface area contributed by atoms with Crippen molar-refractivity contribution in [2.75, 3.05) is 6.61 Å². The van der Waals surface area contributed by atoms with Crippen LogP contribution in [0.3, 0.4) is 0 Å². The lowest BCUT2D eigenvalue weighted by Gasteiger charge is -2.36. The first kappa shape index (κ1) is 20.4. The van der Waals surface area contributed by atoms with E-state index in [0.29, 0.717) is 24.6 Å². The van der Waals surface area contributed by atoms with E-state index < -0.39 is 5.54 Å². The molecule has 1 aliphatic carbocycles. The van der Waals surface area contributed by atoms with Crippen molar-refractivity contribution in [3.8, 4) is 5.75 Å². The minimum absolute atomic E-state index is 0.237. The molecule has 0 bridgehead atoms. The Labute approximate surface area is 186 Å². The molecule has 1 saturated carbocycles. The zero-order valence-corrected chi connectivity index (χ0v) is 18.3. The molecule has 166 valence electrons. The van der Waals surface area contributed by atoms with Gasteiger partial charge in [-0.05, 0) is 60.7 Å². The number of ether oxygens (including phenoxy) is 1. The lowest BCUT2D eigenvalue weighted by atomic mass is 9.79. The summed E-state index contributed by atoms with van der Waals surface area (Å²) in [5, 5.41) is 22.2. The van der Waals surface area contributed by atoms with E-state index in [1.807, 2.05) is 48.1 Å². The van der Waals surface area contributed by atoms with Gasteiger partial charge < -0.3 is 10.1 Å². The number of hydrogen-bond acceptors (Lipinski definition) is 6. The van der Waals surface area contributed by atoms with Crippen molar-refractivity contribution in [2.24, 2.45) is 0 Å². The molecule has 32 heavy (non-hydrogen) atoms. The molecule has 2 aliphatic rings. The minimum Gasteiger partial charge on any atom is -0.494 e. The van der Waals surface area contributed by atoms with Crippen LogP contribution in [-0.4, -0.2) is 42.9 Å². The minimum atomic E-state index is -0.606. The molecule has 1 fully saturated rings. The van der Waals surface area contributed by atoms with Crippen molar-refractivity contribution in [3.05, 3.63) is 53.6 Å². The van der Waals surface area contributed by atoms with Crippen LogP contribution in [0.1, 0.15) is 69.1 Å². The van der Waals surface area contributed by atoms with E-state index in [1.54, 1.807) is 0 Å². The molecular formula is C23H27N7O2. The second kappa shape index (κ2) is 8.22. The van der Waals surface area contributed by atoms with Gasteiger partial charge in [-0.3, -0.25) is 9.48 Å². The summed E-state index contributed by atoms with van der Waals surface area (Å²) in [6.07, 6.45) is 6.94. The first-order valence-corrected chi connectivity index (χ1v) is 11.2. The standard InChI is InChI=1S/C23H27N7O2/c1-3-4-13-32-17-9-5-15(6-10-17)23(2)14-18(19-11-12-30(27-19)16-7-8-16)20(22(31)24-23)21-25-28-29-26-21/h5-6,9-12,16H,3-4,7-8,13-14H2,1-2H3,(H,24,31)(H,25,26,28,29)/t23-/m0/s1. The Morgan fingerprint density at radius 1 is 1.22 bits per heavy atom. The quantitative estimate of drug-likeness (QED) is 0.528. The first-order valence-electron chi connectivity index (χ1n) is 11.2. The highest BCUT2D eigenvalue weighted by Crippen LogP contribution is 2.41. The van der Waals surface area contributed by atoms with Crippen LogP contribution in [0.5, 0.6) is 5.75 Å². The molecule has 0 spiro atoms. The van der Waals surface area contributed by atoms with Gasteiger partial charge in [0.05, 0.1) is 29.5 Å². The smallest absolute Gasteiger partial charge is 0.256 e. The second-order valence-corrected chi connectivity index (χ2v) is 8.69. The van der Waals surface area contributed by atoms with E-state index in [2.05, 4.69) is 32.9 Å². The number of nitrogens with zero attached hydrogens (tertiary/aromatic N) is 5. The van der Waals surface area contributed by atoms with Gasteiger partial charge in [-0.25, -0.2) is 0 Å². The number of aromatic amines is 1. The van der Waals surface area contributed by atoms with Gasteiger partial charge in [0.1, 0.15) is 5.75 Å². The second-order valence-electron chi connectivity index (χ2n) is 8.69. The van der Waals surface area contributed by atoms with E-state index in [1.165, 1.54) is 0 Å². The van der Waals surface area contributed by atoms with Gasteiger partial charge in [0.25, 0.3) is 5.91 Å². The summed E-state index contributed by atoms with van der Waals surface area (Å²) in [5.74, 6) is 0.874. The van der Waals surface area contributed by atoms with Crippen LogP contribution in [-0.2, 0) is 10.3 Å². The average Bonchev–Trinajstić information content (AvgIpc) is 3.28. The third kappa shape index (κ3) is 3.90. The zero-order chi connectivity index (χ0) is 22.1. The van der Waals surface area contributed by atoms with Crippen LogP contribution in [0.4, 0.5) is 0 Å². The van der Waals surface area contributed by atoms with E-state index in [4.69, 9.17) is 9.84 Å². The van der Waals surface area contributed by atoms with Gasteiger partial charge in [0, 0.05) is 12.6 Å². The van der Waals surface area contributed by atoms with Crippen LogP contribution in [0, 0.1) is 0 Å². The summed E-state index contributed by atoms with van der Waals surface area (Å²) in [6, 6.07) is 10.4. The molecule has 1 aliphatic heterocycles. The largest absolute Gasteiger partial charge is 0.494 e. The number of amides is 1. The Balaban J connectivity index is 1.49. The van der Waals surface area contributed by atoms with Crippen LogP contribution in [0.15, 0.2) is 36.5 Å².